The van der Waals surface area contributed by atoms with Crippen LogP contribution in [-0.4, -0.2) is 26.8 Å². The molecule has 0 bridgehead atoms. The molecule has 0 radical (unpaired) electrons. The fourth-order valence-electron chi connectivity index (χ4n) is 1.54. The van der Waals surface area contributed by atoms with E-state index in [4.69, 9.17) is 5.11 Å². The van der Waals surface area contributed by atoms with Crippen LogP contribution in [0.4, 0.5) is 0 Å². The lowest BCUT2D eigenvalue weighted by Gasteiger charge is -2.01. The van der Waals surface area contributed by atoms with Gasteiger partial charge in [0, 0.05) is 10.3 Å². The topological polar surface area (TPSA) is 63.1 Å². The van der Waals surface area contributed by atoms with Crippen molar-refractivity contribution in [1.29, 1.82) is 0 Å². The third-order valence-electron chi connectivity index (χ3n) is 2.39. The summed E-state index contributed by atoms with van der Waals surface area (Å²) in [5.41, 5.74) is 0. The van der Waals surface area contributed by atoms with Gasteiger partial charge in [-0.05, 0) is 18.9 Å². The maximum atomic E-state index is 10.6. The van der Waals surface area contributed by atoms with E-state index < -0.39 is 5.97 Å². The van der Waals surface area contributed by atoms with Crippen LogP contribution in [0, 0.1) is 6.92 Å². The van der Waals surface area contributed by atoms with Crippen LogP contribution in [0.15, 0.2) is 11.1 Å². The number of aliphatic carboxylic acids is 1. The Hall–Kier alpha value is -1.14. The molecule has 0 fully saturated rings. The van der Waals surface area contributed by atoms with E-state index in [-0.39, 0.29) is 5.75 Å². The van der Waals surface area contributed by atoms with Crippen molar-refractivity contribution < 1.29 is 9.90 Å². The van der Waals surface area contributed by atoms with Gasteiger partial charge in [0.25, 0.3) is 0 Å². The molecule has 0 aliphatic rings. The lowest BCUT2D eigenvalue weighted by atomic mass is 10.2. The Morgan fingerprint density at radius 1 is 1.50 bits per heavy atom. The average Bonchev–Trinajstić information content (AvgIpc) is 2.69. The predicted molar refractivity (Wildman–Crippen MR) is 74.6 cm³/mol. The van der Waals surface area contributed by atoms with Gasteiger partial charge in [0.2, 0.25) is 0 Å². The summed E-state index contributed by atoms with van der Waals surface area (Å²) in [5.74, 6) is 0.330. The van der Waals surface area contributed by atoms with Gasteiger partial charge in [-0.2, -0.15) is 0 Å². The van der Waals surface area contributed by atoms with Crippen LogP contribution in [0.2, 0.25) is 0 Å². The molecule has 0 saturated heterocycles. The maximum Gasteiger partial charge on any atom is 0.313 e. The summed E-state index contributed by atoms with van der Waals surface area (Å²) in [6.07, 6.45) is 0. The van der Waals surface area contributed by atoms with Crippen molar-refractivity contribution in [2.45, 2.75) is 31.7 Å². The lowest BCUT2D eigenvalue weighted by Crippen LogP contribution is -1.99. The fourth-order valence-corrected chi connectivity index (χ4v) is 3.45. The van der Waals surface area contributed by atoms with Crippen molar-refractivity contribution in [3.8, 4) is 0 Å². The molecule has 2 aromatic rings. The van der Waals surface area contributed by atoms with Crippen LogP contribution in [-0.2, 0) is 4.79 Å². The number of aromatic nitrogens is 2. The van der Waals surface area contributed by atoms with Crippen molar-refractivity contribution in [2.75, 3.05) is 5.75 Å². The molecule has 4 nitrogen and oxygen atoms in total. The number of nitrogens with zero attached hydrogens (tertiary/aromatic N) is 2. The number of fused-ring (bicyclic) bond motifs is 1. The van der Waals surface area contributed by atoms with Crippen LogP contribution in [0.3, 0.4) is 0 Å². The zero-order chi connectivity index (χ0) is 13.3. The second kappa shape index (κ2) is 5.24. The molecule has 1 N–H and O–H groups in total. The van der Waals surface area contributed by atoms with Crippen LogP contribution in [0.1, 0.15) is 30.5 Å². The molecule has 6 heteroatoms. The number of hydrogen-bond acceptors (Lipinski definition) is 5. The van der Waals surface area contributed by atoms with Crippen molar-refractivity contribution in [3.05, 3.63) is 16.8 Å². The Morgan fingerprint density at radius 3 is 2.83 bits per heavy atom. The van der Waals surface area contributed by atoms with Gasteiger partial charge in [0.05, 0.1) is 5.75 Å². The minimum atomic E-state index is -0.830. The van der Waals surface area contributed by atoms with Gasteiger partial charge in [-0.1, -0.05) is 25.6 Å². The number of aryl methyl sites for hydroxylation is 1. The van der Waals surface area contributed by atoms with E-state index >= 15 is 0 Å². The minimum absolute atomic E-state index is 0.0262. The Kier molecular flexibility index (Phi) is 3.87. The van der Waals surface area contributed by atoms with Gasteiger partial charge < -0.3 is 5.11 Å². The van der Waals surface area contributed by atoms with Gasteiger partial charge in [0.1, 0.15) is 15.7 Å². The summed E-state index contributed by atoms with van der Waals surface area (Å²) in [5, 5.41) is 10.5. The molecule has 0 atom stereocenters. The number of carboxylic acids is 1. The van der Waals surface area contributed by atoms with E-state index in [1.54, 1.807) is 11.3 Å². The van der Waals surface area contributed by atoms with Gasteiger partial charge in [0.15, 0.2) is 0 Å². The Balaban J connectivity index is 2.46. The molecule has 0 aliphatic carbocycles. The number of thioether (sulfide) groups is 1. The number of carboxylic acid groups (broad SMARTS) is 1. The second-order valence-electron chi connectivity index (χ2n) is 4.28. The molecule has 0 spiro atoms. The molecule has 18 heavy (non-hydrogen) atoms. The molecule has 2 aromatic heterocycles. The first kappa shape index (κ1) is 13.3. The van der Waals surface area contributed by atoms with E-state index in [9.17, 15) is 4.79 Å². The van der Waals surface area contributed by atoms with Crippen LogP contribution in [0.5, 0.6) is 0 Å². The highest BCUT2D eigenvalue weighted by Crippen LogP contribution is 2.34. The minimum Gasteiger partial charge on any atom is -0.481 e. The molecule has 0 unspecified atom stereocenters. The van der Waals surface area contributed by atoms with Crippen LogP contribution in [0.25, 0.3) is 10.2 Å². The molecule has 2 heterocycles. The third kappa shape index (κ3) is 2.81. The van der Waals surface area contributed by atoms with E-state index in [1.165, 1.54) is 16.6 Å². The highest BCUT2D eigenvalue weighted by molar-refractivity contribution is 8.00. The van der Waals surface area contributed by atoms with Gasteiger partial charge in [-0.25, -0.2) is 9.97 Å². The third-order valence-corrected chi connectivity index (χ3v) is 4.70. The standard InChI is InChI=1S/C12H14N2O2S2/c1-6(2)9-4-8-11(17-5-10(15)16)13-7(3)14-12(8)18-9/h4,6H,5H2,1-3H3,(H,15,16). The lowest BCUT2D eigenvalue weighted by molar-refractivity contribution is -0.133. The van der Waals surface area contributed by atoms with E-state index in [2.05, 4.69) is 29.9 Å². The average molecular weight is 282 g/mol. The van der Waals surface area contributed by atoms with Crippen LogP contribution >= 0.6 is 23.1 Å². The zero-order valence-electron chi connectivity index (χ0n) is 10.4. The molecule has 0 saturated carbocycles. The number of hydrogen-bond donors (Lipinski definition) is 1. The Labute approximate surface area is 113 Å². The first-order valence-corrected chi connectivity index (χ1v) is 7.40. The second-order valence-corrected chi connectivity index (χ2v) is 6.31. The predicted octanol–water partition coefficient (Wildman–Crippen LogP) is 3.30. The molecule has 0 amide bonds. The summed E-state index contributed by atoms with van der Waals surface area (Å²) >= 11 is 2.91. The zero-order valence-corrected chi connectivity index (χ0v) is 12.1. The quantitative estimate of drug-likeness (QED) is 0.688. The molecular weight excluding hydrogens is 268 g/mol. The van der Waals surface area contributed by atoms with Crippen molar-refractivity contribution in [1.82, 2.24) is 9.97 Å². The normalized spacial score (nSPS) is 11.3. The first-order valence-electron chi connectivity index (χ1n) is 5.60. The fraction of sp³-hybridized carbons (Fsp3) is 0.417. The Morgan fingerprint density at radius 2 is 2.22 bits per heavy atom. The van der Waals surface area contributed by atoms with Gasteiger partial charge in [-0.3, -0.25) is 4.79 Å². The highest BCUT2D eigenvalue weighted by Gasteiger charge is 2.13. The summed E-state index contributed by atoms with van der Waals surface area (Å²) < 4.78 is 0. The highest BCUT2D eigenvalue weighted by atomic mass is 32.2. The van der Waals surface area contributed by atoms with Gasteiger partial charge >= 0.3 is 5.97 Å². The summed E-state index contributed by atoms with van der Waals surface area (Å²) in [6, 6.07) is 2.08. The molecule has 96 valence electrons. The smallest absolute Gasteiger partial charge is 0.313 e. The molecule has 0 aromatic carbocycles. The SMILES string of the molecule is Cc1nc(SCC(=O)O)c2cc(C(C)C)sc2n1. The van der Waals surface area contributed by atoms with Gasteiger partial charge in [-0.15, -0.1) is 11.3 Å². The largest absolute Gasteiger partial charge is 0.481 e. The van der Waals surface area contributed by atoms with Crippen molar-refractivity contribution in [2.24, 2.45) is 0 Å². The van der Waals surface area contributed by atoms with E-state index in [0.29, 0.717) is 11.7 Å². The Bertz CT molecular complexity index is 593. The first-order chi connectivity index (χ1) is 8.47. The number of thiophene rings is 1. The van der Waals surface area contributed by atoms with Crippen LogP contribution < -0.4 is 0 Å². The summed E-state index contributed by atoms with van der Waals surface area (Å²) in [7, 11) is 0. The monoisotopic (exact) mass is 282 g/mol. The molecular formula is C12H14N2O2S2. The molecule has 0 aliphatic heterocycles. The number of carbonyl (C=O) groups is 1. The number of rotatable bonds is 4. The summed E-state index contributed by atoms with van der Waals surface area (Å²) in [4.78, 5) is 21.6. The molecule has 2 rings (SSSR count). The summed E-state index contributed by atoms with van der Waals surface area (Å²) in [6.45, 7) is 6.10. The van der Waals surface area contributed by atoms with Crippen molar-refractivity contribution >= 4 is 39.3 Å². The maximum absolute atomic E-state index is 10.6. The van der Waals surface area contributed by atoms with Crippen molar-refractivity contribution in [3.63, 3.8) is 0 Å². The van der Waals surface area contributed by atoms with E-state index in [1.807, 2.05) is 6.92 Å². The van der Waals surface area contributed by atoms with E-state index in [0.717, 1.165) is 15.2 Å².